The van der Waals surface area contributed by atoms with Crippen molar-refractivity contribution in [1.82, 2.24) is 15.8 Å². The Bertz CT molecular complexity index is 521. The summed E-state index contributed by atoms with van der Waals surface area (Å²) in [6, 6.07) is -0.588. The van der Waals surface area contributed by atoms with E-state index in [4.69, 9.17) is 9.63 Å². The average molecular weight is 295 g/mol. The number of aryl methyl sites for hydroxylation is 2. The molecule has 0 aliphatic heterocycles. The van der Waals surface area contributed by atoms with Crippen LogP contribution in [0.5, 0.6) is 0 Å². The van der Waals surface area contributed by atoms with Gasteiger partial charge in [-0.3, -0.25) is 4.79 Å². The number of nitrogens with one attached hydrogen (secondary N) is 2. The molecule has 116 valence electrons. The third kappa shape index (κ3) is 3.53. The van der Waals surface area contributed by atoms with E-state index >= 15 is 0 Å². The number of nitrogens with zero attached hydrogens (tertiary/aromatic N) is 1. The lowest BCUT2D eigenvalue weighted by atomic mass is 10.1. The molecule has 1 aromatic rings. The van der Waals surface area contributed by atoms with Crippen molar-refractivity contribution in [3.05, 3.63) is 17.0 Å². The van der Waals surface area contributed by atoms with Gasteiger partial charge in [0.05, 0.1) is 17.7 Å². The molecule has 3 unspecified atom stereocenters. The van der Waals surface area contributed by atoms with E-state index in [2.05, 4.69) is 15.8 Å². The van der Waals surface area contributed by atoms with Crippen LogP contribution in [0.25, 0.3) is 0 Å². The zero-order valence-electron chi connectivity index (χ0n) is 12.5. The van der Waals surface area contributed by atoms with E-state index in [1.54, 1.807) is 6.92 Å². The summed E-state index contributed by atoms with van der Waals surface area (Å²) in [4.78, 5) is 22.9. The van der Waals surface area contributed by atoms with Crippen LogP contribution in [0.15, 0.2) is 4.52 Å². The number of hydrogen-bond donors (Lipinski definition) is 3. The molecule has 1 aliphatic rings. The molecule has 0 radical (unpaired) electrons. The van der Waals surface area contributed by atoms with Crippen LogP contribution in [-0.4, -0.2) is 28.3 Å². The summed E-state index contributed by atoms with van der Waals surface area (Å²) >= 11 is 0. The first-order valence-corrected chi connectivity index (χ1v) is 7.11. The van der Waals surface area contributed by atoms with Crippen molar-refractivity contribution >= 4 is 12.0 Å². The normalized spacial score (nSPS) is 22.8. The molecule has 21 heavy (non-hydrogen) atoms. The number of aliphatic carboxylic acids is 1. The van der Waals surface area contributed by atoms with Gasteiger partial charge in [-0.05, 0) is 40.0 Å². The van der Waals surface area contributed by atoms with E-state index in [0.717, 1.165) is 11.3 Å². The lowest BCUT2D eigenvalue weighted by Crippen LogP contribution is -2.42. The SMILES string of the molecule is Cc1noc(C)c1C(C)NC(=O)NC1CCC(C(=O)O)C1. The summed E-state index contributed by atoms with van der Waals surface area (Å²) in [5.74, 6) is -0.453. The first-order valence-electron chi connectivity index (χ1n) is 7.11. The smallest absolute Gasteiger partial charge is 0.315 e. The Balaban J connectivity index is 1.87. The molecule has 1 saturated carbocycles. The van der Waals surface area contributed by atoms with Gasteiger partial charge in [-0.2, -0.15) is 0 Å². The number of carbonyl (C=O) groups excluding carboxylic acids is 1. The molecule has 0 aromatic carbocycles. The largest absolute Gasteiger partial charge is 0.481 e. The minimum atomic E-state index is -0.788. The molecule has 7 heteroatoms. The molecule has 2 amide bonds. The summed E-state index contributed by atoms with van der Waals surface area (Å²) in [5, 5.41) is 18.5. The highest BCUT2D eigenvalue weighted by Crippen LogP contribution is 2.26. The highest BCUT2D eigenvalue weighted by Gasteiger charge is 2.30. The number of aromatic nitrogens is 1. The molecule has 1 heterocycles. The number of carbonyl (C=O) groups is 2. The number of hydrogen-bond acceptors (Lipinski definition) is 4. The zero-order valence-corrected chi connectivity index (χ0v) is 12.5. The molecule has 1 aromatic heterocycles. The maximum absolute atomic E-state index is 12.0. The Labute approximate surface area is 123 Å². The fourth-order valence-electron chi connectivity index (χ4n) is 2.94. The minimum absolute atomic E-state index is 0.0806. The molecule has 3 N–H and O–H groups in total. The third-order valence-corrected chi connectivity index (χ3v) is 3.99. The van der Waals surface area contributed by atoms with Gasteiger partial charge in [0, 0.05) is 11.6 Å². The van der Waals surface area contributed by atoms with Gasteiger partial charge in [0.1, 0.15) is 5.76 Å². The van der Waals surface area contributed by atoms with Crippen LogP contribution < -0.4 is 10.6 Å². The van der Waals surface area contributed by atoms with Crippen LogP contribution in [0.1, 0.15) is 49.2 Å². The summed E-state index contributed by atoms with van der Waals surface area (Å²) < 4.78 is 5.08. The van der Waals surface area contributed by atoms with Gasteiger partial charge in [-0.25, -0.2) is 4.79 Å². The number of amides is 2. The summed E-state index contributed by atoms with van der Waals surface area (Å²) in [7, 11) is 0. The Hall–Kier alpha value is -2.05. The van der Waals surface area contributed by atoms with Gasteiger partial charge in [0.2, 0.25) is 0 Å². The Morgan fingerprint density at radius 2 is 2.10 bits per heavy atom. The third-order valence-electron chi connectivity index (χ3n) is 3.99. The van der Waals surface area contributed by atoms with Crippen LogP contribution in [-0.2, 0) is 4.79 Å². The fourth-order valence-corrected chi connectivity index (χ4v) is 2.94. The zero-order chi connectivity index (χ0) is 15.6. The van der Waals surface area contributed by atoms with Crippen LogP contribution >= 0.6 is 0 Å². The van der Waals surface area contributed by atoms with Gasteiger partial charge >= 0.3 is 12.0 Å². The van der Waals surface area contributed by atoms with Crippen LogP contribution in [0.3, 0.4) is 0 Å². The standard InChI is InChI=1S/C14H21N3O4/c1-7(12-8(2)17-21-9(12)3)15-14(20)16-11-5-4-10(6-11)13(18)19/h7,10-11H,4-6H2,1-3H3,(H,18,19)(H2,15,16,20). The predicted molar refractivity (Wildman–Crippen MR) is 74.8 cm³/mol. The van der Waals surface area contributed by atoms with Crippen molar-refractivity contribution in [2.75, 3.05) is 0 Å². The van der Waals surface area contributed by atoms with Crippen molar-refractivity contribution in [2.45, 2.75) is 52.1 Å². The second kappa shape index (κ2) is 6.15. The number of rotatable bonds is 4. The van der Waals surface area contributed by atoms with E-state index in [-0.39, 0.29) is 24.0 Å². The first-order chi connectivity index (χ1) is 9.88. The molecule has 0 bridgehead atoms. The predicted octanol–water partition coefficient (Wildman–Crippen LogP) is 1.90. The molecule has 7 nitrogen and oxygen atoms in total. The van der Waals surface area contributed by atoms with Crippen molar-refractivity contribution in [3.63, 3.8) is 0 Å². The van der Waals surface area contributed by atoms with Gasteiger partial charge in [0.15, 0.2) is 0 Å². The van der Waals surface area contributed by atoms with Crippen molar-refractivity contribution in [2.24, 2.45) is 5.92 Å². The average Bonchev–Trinajstić information content (AvgIpc) is 2.96. The lowest BCUT2D eigenvalue weighted by molar-refractivity contribution is -0.141. The Morgan fingerprint density at radius 3 is 2.62 bits per heavy atom. The molecule has 0 spiro atoms. The summed E-state index contributed by atoms with van der Waals surface area (Å²) in [5.41, 5.74) is 1.63. The second-order valence-corrected chi connectivity index (χ2v) is 5.62. The number of carboxylic acid groups (broad SMARTS) is 1. The molecular formula is C14H21N3O4. The van der Waals surface area contributed by atoms with Crippen LogP contribution in [0.2, 0.25) is 0 Å². The van der Waals surface area contributed by atoms with Crippen molar-refractivity contribution < 1.29 is 19.2 Å². The summed E-state index contributed by atoms with van der Waals surface area (Å²) in [6.07, 6.45) is 1.80. The highest BCUT2D eigenvalue weighted by molar-refractivity contribution is 5.75. The van der Waals surface area contributed by atoms with E-state index < -0.39 is 5.97 Å². The molecule has 2 rings (SSSR count). The quantitative estimate of drug-likeness (QED) is 0.787. The van der Waals surface area contributed by atoms with Gasteiger partial charge in [-0.1, -0.05) is 5.16 Å². The van der Waals surface area contributed by atoms with E-state index in [1.807, 2.05) is 13.8 Å². The van der Waals surface area contributed by atoms with Gasteiger partial charge in [-0.15, -0.1) is 0 Å². The Morgan fingerprint density at radius 1 is 1.38 bits per heavy atom. The van der Waals surface area contributed by atoms with Gasteiger partial charge in [0.25, 0.3) is 0 Å². The van der Waals surface area contributed by atoms with Gasteiger partial charge < -0.3 is 20.3 Å². The van der Waals surface area contributed by atoms with Crippen molar-refractivity contribution in [1.29, 1.82) is 0 Å². The monoisotopic (exact) mass is 295 g/mol. The number of carboxylic acids is 1. The minimum Gasteiger partial charge on any atom is -0.481 e. The van der Waals surface area contributed by atoms with E-state index in [9.17, 15) is 9.59 Å². The van der Waals surface area contributed by atoms with Crippen molar-refractivity contribution in [3.8, 4) is 0 Å². The van der Waals surface area contributed by atoms with Crippen LogP contribution in [0.4, 0.5) is 4.79 Å². The van der Waals surface area contributed by atoms with E-state index in [0.29, 0.717) is 25.0 Å². The first kappa shape index (κ1) is 15.3. The maximum Gasteiger partial charge on any atom is 0.315 e. The summed E-state index contributed by atoms with van der Waals surface area (Å²) in [6.45, 7) is 5.50. The molecule has 1 fully saturated rings. The lowest BCUT2D eigenvalue weighted by Gasteiger charge is -2.17. The topological polar surface area (TPSA) is 104 Å². The molecule has 1 aliphatic carbocycles. The van der Waals surface area contributed by atoms with Crippen LogP contribution in [0, 0.1) is 19.8 Å². The number of urea groups is 1. The molecular weight excluding hydrogens is 274 g/mol. The van der Waals surface area contributed by atoms with E-state index in [1.165, 1.54) is 0 Å². The maximum atomic E-state index is 12.0. The second-order valence-electron chi connectivity index (χ2n) is 5.62. The molecule has 3 atom stereocenters. The molecule has 0 saturated heterocycles. The highest BCUT2D eigenvalue weighted by atomic mass is 16.5. The Kier molecular flexibility index (Phi) is 4.50. The fraction of sp³-hybridized carbons (Fsp3) is 0.643.